The molecular weight excluding hydrogens is 292 g/mol. The number of benzene rings is 1. The molecule has 0 aliphatic carbocycles. The van der Waals surface area contributed by atoms with Crippen LogP contribution in [0, 0.1) is 0 Å². The van der Waals surface area contributed by atoms with Crippen molar-refractivity contribution in [3.63, 3.8) is 0 Å². The van der Waals surface area contributed by atoms with Gasteiger partial charge in [0.15, 0.2) is 0 Å². The number of nitrogen functional groups attached to an aromatic ring is 1. The Morgan fingerprint density at radius 3 is 2.71 bits per heavy atom. The maximum Gasteiger partial charge on any atom is 0.250 e. The van der Waals surface area contributed by atoms with Gasteiger partial charge in [-0.1, -0.05) is 11.6 Å². The van der Waals surface area contributed by atoms with Crippen LogP contribution in [0.4, 0.5) is 11.4 Å². The standard InChI is InChI=1S/C14H21ClN4O2/c15-12-9-10(16)8-11(14(17)21)13(12)19-3-1-2-18(4-5-19)6-7-20/h8-9,20H,1-7,16H2,(H2,17,21). The molecule has 1 aromatic carbocycles. The first-order chi connectivity index (χ1) is 10.0. The molecule has 0 aromatic heterocycles. The van der Waals surface area contributed by atoms with Crippen molar-refractivity contribution < 1.29 is 9.90 Å². The van der Waals surface area contributed by atoms with Gasteiger partial charge >= 0.3 is 0 Å². The van der Waals surface area contributed by atoms with E-state index in [1.807, 2.05) is 0 Å². The third kappa shape index (κ3) is 3.78. The molecule has 0 spiro atoms. The van der Waals surface area contributed by atoms with Crippen LogP contribution < -0.4 is 16.4 Å². The molecule has 1 heterocycles. The Morgan fingerprint density at radius 2 is 2.05 bits per heavy atom. The molecule has 1 aromatic rings. The number of β-amino-alcohol motifs (C(OH)–C–C–N with tert-alkyl or cyclic N) is 1. The molecule has 0 bridgehead atoms. The van der Waals surface area contributed by atoms with Crippen molar-refractivity contribution in [3.8, 4) is 0 Å². The molecule has 21 heavy (non-hydrogen) atoms. The topological polar surface area (TPSA) is 95.8 Å². The van der Waals surface area contributed by atoms with Gasteiger partial charge in [0.05, 0.1) is 22.9 Å². The summed E-state index contributed by atoms with van der Waals surface area (Å²) in [6.45, 7) is 4.03. The number of nitrogens with two attached hydrogens (primary N) is 2. The lowest BCUT2D eigenvalue weighted by atomic mass is 10.1. The van der Waals surface area contributed by atoms with Crippen molar-refractivity contribution in [1.29, 1.82) is 0 Å². The van der Waals surface area contributed by atoms with E-state index >= 15 is 0 Å². The number of nitrogens with zero attached hydrogens (tertiary/aromatic N) is 2. The molecule has 116 valence electrons. The van der Waals surface area contributed by atoms with E-state index in [-0.39, 0.29) is 6.61 Å². The normalized spacial score (nSPS) is 16.8. The van der Waals surface area contributed by atoms with E-state index in [9.17, 15) is 4.79 Å². The van der Waals surface area contributed by atoms with Gasteiger partial charge in [-0.15, -0.1) is 0 Å². The van der Waals surface area contributed by atoms with Gasteiger partial charge in [-0.3, -0.25) is 9.69 Å². The van der Waals surface area contributed by atoms with Crippen LogP contribution in [-0.4, -0.2) is 55.2 Å². The van der Waals surface area contributed by atoms with Crippen molar-refractivity contribution in [2.75, 3.05) is 50.0 Å². The molecule has 1 fully saturated rings. The second-order valence-electron chi connectivity index (χ2n) is 5.17. The number of primary amides is 1. The SMILES string of the molecule is NC(=O)c1cc(N)cc(Cl)c1N1CCCN(CCO)CC1. The summed E-state index contributed by atoms with van der Waals surface area (Å²) >= 11 is 6.28. The highest BCUT2D eigenvalue weighted by Gasteiger charge is 2.22. The minimum atomic E-state index is -0.532. The summed E-state index contributed by atoms with van der Waals surface area (Å²) in [5.41, 5.74) is 12.6. The van der Waals surface area contributed by atoms with E-state index < -0.39 is 5.91 Å². The lowest BCUT2D eigenvalue weighted by Gasteiger charge is -2.26. The number of aliphatic hydroxyl groups excluding tert-OH is 1. The van der Waals surface area contributed by atoms with E-state index in [0.29, 0.717) is 28.5 Å². The van der Waals surface area contributed by atoms with Crippen LogP contribution in [0.5, 0.6) is 0 Å². The zero-order chi connectivity index (χ0) is 15.4. The fraction of sp³-hybridized carbons (Fsp3) is 0.500. The predicted molar refractivity (Wildman–Crippen MR) is 84.7 cm³/mol. The Morgan fingerprint density at radius 1 is 1.29 bits per heavy atom. The van der Waals surface area contributed by atoms with Crippen molar-refractivity contribution >= 4 is 28.9 Å². The highest BCUT2D eigenvalue weighted by atomic mass is 35.5. The Bertz CT molecular complexity index is 524. The molecule has 0 radical (unpaired) electrons. The maximum atomic E-state index is 11.7. The van der Waals surface area contributed by atoms with E-state index in [0.717, 1.165) is 32.6 Å². The summed E-state index contributed by atoms with van der Waals surface area (Å²) < 4.78 is 0. The number of anilines is 2. The number of rotatable bonds is 4. The number of amides is 1. The molecule has 0 unspecified atom stereocenters. The number of aliphatic hydroxyl groups is 1. The van der Waals surface area contributed by atoms with Crippen LogP contribution in [0.25, 0.3) is 0 Å². The van der Waals surface area contributed by atoms with E-state index in [1.54, 1.807) is 12.1 Å². The van der Waals surface area contributed by atoms with Crippen molar-refractivity contribution in [1.82, 2.24) is 4.90 Å². The molecule has 2 rings (SSSR count). The van der Waals surface area contributed by atoms with Crippen molar-refractivity contribution in [3.05, 3.63) is 22.7 Å². The van der Waals surface area contributed by atoms with E-state index in [2.05, 4.69) is 9.80 Å². The van der Waals surface area contributed by atoms with Gasteiger partial charge < -0.3 is 21.5 Å². The molecule has 1 aliphatic heterocycles. The van der Waals surface area contributed by atoms with Gasteiger partial charge in [0.1, 0.15) is 0 Å². The summed E-state index contributed by atoms with van der Waals surface area (Å²) in [5.74, 6) is -0.532. The van der Waals surface area contributed by atoms with Crippen molar-refractivity contribution in [2.24, 2.45) is 5.73 Å². The number of carbonyl (C=O) groups is 1. The molecule has 1 amide bonds. The van der Waals surface area contributed by atoms with Crippen LogP contribution in [-0.2, 0) is 0 Å². The van der Waals surface area contributed by atoms with Gasteiger partial charge in [0, 0.05) is 31.9 Å². The third-order valence-electron chi connectivity index (χ3n) is 3.67. The fourth-order valence-corrected chi connectivity index (χ4v) is 3.04. The molecule has 5 N–H and O–H groups in total. The highest BCUT2D eigenvalue weighted by molar-refractivity contribution is 6.34. The summed E-state index contributed by atoms with van der Waals surface area (Å²) in [4.78, 5) is 15.9. The number of halogens is 1. The van der Waals surface area contributed by atoms with Crippen LogP contribution >= 0.6 is 11.6 Å². The lowest BCUT2D eigenvalue weighted by Crippen LogP contribution is -2.33. The summed E-state index contributed by atoms with van der Waals surface area (Å²) in [6, 6.07) is 3.21. The number of hydrogen-bond donors (Lipinski definition) is 3. The average Bonchev–Trinajstić information content (AvgIpc) is 2.64. The molecule has 0 atom stereocenters. The first kappa shape index (κ1) is 15.9. The fourth-order valence-electron chi connectivity index (χ4n) is 2.69. The van der Waals surface area contributed by atoms with Gasteiger partial charge in [0.25, 0.3) is 5.91 Å². The number of carbonyl (C=O) groups excluding carboxylic acids is 1. The van der Waals surface area contributed by atoms with Crippen molar-refractivity contribution in [2.45, 2.75) is 6.42 Å². The predicted octanol–water partition coefficient (Wildman–Crippen LogP) is 0.525. The zero-order valence-corrected chi connectivity index (χ0v) is 12.6. The van der Waals surface area contributed by atoms with Crippen LogP contribution in [0.2, 0.25) is 5.02 Å². The Balaban J connectivity index is 2.27. The Hall–Kier alpha value is -1.50. The average molecular weight is 313 g/mol. The number of hydrogen-bond acceptors (Lipinski definition) is 5. The smallest absolute Gasteiger partial charge is 0.250 e. The van der Waals surface area contributed by atoms with E-state index in [4.69, 9.17) is 28.2 Å². The Labute approximate surface area is 129 Å². The van der Waals surface area contributed by atoms with Gasteiger partial charge in [-0.2, -0.15) is 0 Å². The summed E-state index contributed by atoms with van der Waals surface area (Å²) in [5, 5.41) is 9.48. The first-order valence-electron chi connectivity index (χ1n) is 7.00. The Kier molecular flexibility index (Phi) is 5.27. The minimum absolute atomic E-state index is 0.148. The third-order valence-corrected chi connectivity index (χ3v) is 3.96. The summed E-state index contributed by atoms with van der Waals surface area (Å²) in [7, 11) is 0. The van der Waals surface area contributed by atoms with Crippen LogP contribution in [0.15, 0.2) is 12.1 Å². The van der Waals surface area contributed by atoms with Crippen LogP contribution in [0.3, 0.4) is 0 Å². The van der Waals surface area contributed by atoms with Gasteiger partial charge in [-0.25, -0.2) is 0 Å². The molecule has 0 saturated carbocycles. The lowest BCUT2D eigenvalue weighted by molar-refractivity contribution is 0.100. The van der Waals surface area contributed by atoms with Crippen LogP contribution in [0.1, 0.15) is 16.8 Å². The maximum absolute atomic E-state index is 11.7. The molecule has 1 saturated heterocycles. The second kappa shape index (κ2) is 6.98. The minimum Gasteiger partial charge on any atom is -0.399 e. The second-order valence-corrected chi connectivity index (χ2v) is 5.58. The molecule has 6 nitrogen and oxygen atoms in total. The zero-order valence-electron chi connectivity index (χ0n) is 11.9. The van der Waals surface area contributed by atoms with Gasteiger partial charge in [-0.05, 0) is 25.1 Å². The van der Waals surface area contributed by atoms with Gasteiger partial charge in [0.2, 0.25) is 0 Å². The summed E-state index contributed by atoms with van der Waals surface area (Å²) in [6.07, 6.45) is 0.929. The first-order valence-corrected chi connectivity index (χ1v) is 7.37. The molecular formula is C14H21ClN4O2. The van der Waals surface area contributed by atoms with E-state index in [1.165, 1.54) is 0 Å². The molecule has 7 heteroatoms. The largest absolute Gasteiger partial charge is 0.399 e. The quantitative estimate of drug-likeness (QED) is 0.705. The molecule has 1 aliphatic rings. The highest BCUT2D eigenvalue weighted by Crippen LogP contribution is 2.33. The monoisotopic (exact) mass is 312 g/mol.